The predicted molar refractivity (Wildman–Crippen MR) is 60.6 cm³/mol. The number of ether oxygens (including phenoxy) is 1. The van der Waals surface area contributed by atoms with Gasteiger partial charge in [0, 0.05) is 19.3 Å². The van der Waals surface area contributed by atoms with E-state index in [0.717, 1.165) is 6.61 Å². The Morgan fingerprint density at radius 1 is 1.29 bits per heavy atom. The van der Waals surface area contributed by atoms with Crippen LogP contribution in [0.15, 0.2) is 0 Å². The van der Waals surface area contributed by atoms with Crippen LogP contribution >= 0.6 is 0 Å². The van der Waals surface area contributed by atoms with Gasteiger partial charge in [-0.25, -0.2) is 0 Å². The van der Waals surface area contributed by atoms with Gasteiger partial charge in [-0.1, -0.05) is 19.8 Å². The van der Waals surface area contributed by atoms with Crippen LogP contribution in [0.2, 0.25) is 0 Å². The highest BCUT2D eigenvalue weighted by Gasteiger charge is 2.27. The number of nitrogens with one attached hydrogen (secondary N) is 1. The Labute approximate surface area is 88.4 Å². The van der Waals surface area contributed by atoms with Crippen LogP contribution in [-0.4, -0.2) is 25.8 Å². The molecule has 1 heterocycles. The molecule has 2 nitrogen and oxygen atoms in total. The van der Waals surface area contributed by atoms with E-state index in [1.54, 1.807) is 7.11 Å². The molecule has 0 spiro atoms. The first-order valence-electron chi connectivity index (χ1n) is 6.07. The van der Waals surface area contributed by atoms with Crippen LogP contribution in [0.25, 0.3) is 0 Å². The Bertz CT molecular complexity index is 139. The summed E-state index contributed by atoms with van der Waals surface area (Å²) >= 11 is 0. The Morgan fingerprint density at radius 3 is 2.86 bits per heavy atom. The van der Waals surface area contributed by atoms with Crippen molar-refractivity contribution in [3.05, 3.63) is 0 Å². The largest absolute Gasteiger partial charge is 0.385 e. The fourth-order valence-corrected chi connectivity index (χ4v) is 2.45. The predicted octanol–water partition coefficient (Wildman–Crippen LogP) is 2.73. The molecule has 2 heteroatoms. The number of methoxy groups -OCH3 is 1. The first-order valence-corrected chi connectivity index (χ1v) is 6.07. The third-order valence-electron chi connectivity index (χ3n) is 3.51. The molecule has 1 rings (SSSR count). The lowest BCUT2D eigenvalue weighted by atomic mass is 9.86. The summed E-state index contributed by atoms with van der Waals surface area (Å²) in [5.41, 5.74) is 0.426. The van der Waals surface area contributed by atoms with E-state index in [1.165, 1.54) is 51.5 Å². The third kappa shape index (κ3) is 3.58. The molecular weight excluding hydrogens is 174 g/mol. The van der Waals surface area contributed by atoms with Crippen molar-refractivity contribution in [3.63, 3.8) is 0 Å². The standard InChI is InChI=1S/C12H25NO/c1-3-12(9-7-11-14-2)8-5-4-6-10-13-12/h13H,3-11H2,1-2H3. The average Bonchev–Trinajstić information content (AvgIpc) is 2.45. The first-order chi connectivity index (χ1) is 6.83. The molecule has 0 aromatic carbocycles. The molecule has 14 heavy (non-hydrogen) atoms. The van der Waals surface area contributed by atoms with Crippen LogP contribution in [0.4, 0.5) is 0 Å². The van der Waals surface area contributed by atoms with Crippen molar-refractivity contribution >= 4 is 0 Å². The van der Waals surface area contributed by atoms with Crippen LogP contribution < -0.4 is 5.32 Å². The molecule has 1 fully saturated rings. The van der Waals surface area contributed by atoms with E-state index < -0.39 is 0 Å². The van der Waals surface area contributed by atoms with Crippen molar-refractivity contribution < 1.29 is 4.74 Å². The number of hydrogen-bond donors (Lipinski definition) is 1. The van der Waals surface area contributed by atoms with Gasteiger partial charge in [-0.15, -0.1) is 0 Å². The minimum atomic E-state index is 0.426. The second-order valence-electron chi connectivity index (χ2n) is 4.47. The minimum Gasteiger partial charge on any atom is -0.385 e. The molecule has 0 saturated carbocycles. The summed E-state index contributed by atoms with van der Waals surface area (Å²) in [4.78, 5) is 0. The summed E-state index contributed by atoms with van der Waals surface area (Å²) in [7, 11) is 1.79. The lowest BCUT2D eigenvalue weighted by Gasteiger charge is -2.33. The molecule has 1 aliphatic rings. The molecule has 0 radical (unpaired) electrons. The molecule has 1 unspecified atom stereocenters. The van der Waals surface area contributed by atoms with Gasteiger partial charge in [0.25, 0.3) is 0 Å². The van der Waals surface area contributed by atoms with Gasteiger partial charge in [-0.3, -0.25) is 0 Å². The SMILES string of the molecule is CCC1(CCCOC)CCCCCN1. The Morgan fingerprint density at radius 2 is 2.14 bits per heavy atom. The average molecular weight is 199 g/mol. The van der Waals surface area contributed by atoms with Crippen LogP contribution in [0.5, 0.6) is 0 Å². The zero-order valence-corrected chi connectivity index (χ0v) is 9.77. The van der Waals surface area contributed by atoms with Gasteiger partial charge in [0.15, 0.2) is 0 Å². The fourth-order valence-electron chi connectivity index (χ4n) is 2.45. The molecule has 0 aromatic rings. The molecule has 1 saturated heterocycles. The molecule has 0 aromatic heterocycles. The molecular formula is C12H25NO. The maximum atomic E-state index is 5.13. The van der Waals surface area contributed by atoms with Crippen molar-refractivity contribution in [3.8, 4) is 0 Å². The van der Waals surface area contributed by atoms with Gasteiger partial charge >= 0.3 is 0 Å². The summed E-state index contributed by atoms with van der Waals surface area (Å²) in [5, 5.41) is 3.75. The van der Waals surface area contributed by atoms with Gasteiger partial charge in [-0.05, 0) is 38.6 Å². The maximum Gasteiger partial charge on any atom is 0.0462 e. The van der Waals surface area contributed by atoms with Gasteiger partial charge < -0.3 is 10.1 Å². The molecule has 0 aliphatic carbocycles. The van der Waals surface area contributed by atoms with Crippen molar-refractivity contribution in [2.75, 3.05) is 20.3 Å². The minimum absolute atomic E-state index is 0.426. The van der Waals surface area contributed by atoms with Crippen molar-refractivity contribution in [2.45, 2.75) is 57.4 Å². The Balaban J connectivity index is 2.37. The summed E-state index contributed by atoms with van der Waals surface area (Å²) in [6, 6.07) is 0. The smallest absolute Gasteiger partial charge is 0.0462 e. The summed E-state index contributed by atoms with van der Waals surface area (Å²) in [6.07, 6.45) is 9.23. The van der Waals surface area contributed by atoms with Crippen LogP contribution in [0.1, 0.15) is 51.9 Å². The first kappa shape index (κ1) is 12.0. The van der Waals surface area contributed by atoms with E-state index in [0.29, 0.717) is 5.54 Å². The molecule has 1 N–H and O–H groups in total. The van der Waals surface area contributed by atoms with E-state index >= 15 is 0 Å². The van der Waals surface area contributed by atoms with Crippen molar-refractivity contribution in [1.82, 2.24) is 5.32 Å². The monoisotopic (exact) mass is 199 g/mol. The Hall–Kier alpha value is -0.0800. The quantitative estimate of drug-likeness (QED) is 0.687. The van der Waals surface area contributed by atoms with Gasteiger partial charge in [0.1, 0.15) is 0 Å². The molecule has 0 amide bonds. The lowest BCUT2D eigenvalue weighted by molar-refractivity contribution is 0.172. The maximum absolute atomic E-state index is 5.13. The summed E-state index contributed by atoms with van der Waals surface area (Å²) < 4.78 is 5.13. The second kappa shape index (κ2) is 6.41. The molecule has 0 bridgehead atoms. The number of hydrogen-bond acceptors (Lipinski definition) is 2. The van der Waals surface area contributed by atoms with Gasteiger partial charge in [0.05, 0.1) is 0 Å². The third-order valence-corrected chi connectivity index (χ3v) is 3.51. The van der Waals surface area contributed by atoms with E-state index in [2.05, 4.69) is 12.2 Å². The van der Waals surface area contributed by atoms with Crippen molar-refractivity contribution in [1.29, 1.82) is 0 Å². The highest BCUT2D eigenvalue weighted by atomic mass is 16.5. The lowest BCUT2D eigenvalue weighted by Crippen LogP contribution is -2.44. The normalized spacial score (nSPS) is 28.7. The van der Waals surface area contributed by atoms with Gasteiger partial charge in [0.2, 0.25) is 0 Å². The summed E-state index contributed by atoms with van der Waals surface area (Å²) in [5.74, 6) is 0. The molecule has 84 valence electrons. The van der Waals surface area contributed by atoms with E-state index in [4.69, 9.17) is 4.74 Å². The molecule has 1 atom stereocenters. The number of rotatable bonds is 5. The van der Waals surface area contributed by atoms with Crippen LogP contribution in [-0.2, 0) is 4.74 Å². The topological polar surface area (TPSA) is 21.3 Å². The van der Waals surface area contributed by atoms with E-state index in [-0.39, 0.29) is 0 Å². The van der Waals surface area contributed by atoms with Crippen molar-refractivity contribution in [2.24, 2.45) is 0 Å². The van der Waals surface area contributed by atoms with E-state index in [9.17, 15) is 0 Å². The second-order valence-corrected chi connectivity index (χ2v) is 4.47. The fraction of sp³-hybridized carbons (Fsp3) is 1.00. The van der Waals surface area contributed by atoms with Gasteiger partial charge in [-0.2, -0.15) is 0 Å². The molecule has 1 aliphatic heterocycles. The van der Waals surface area contributed by atoms with E-state index in [1.807, 2.05) is 0 Å². The highest BCUT2D eigenvalue weighted by Crippen LogP contribution is 2.27. The van der Waals surface area contributed by atoms with Crippen LogP contribution in [0.3, 0.4) is 0 Å². The zero-order chi connectivity index (χ0) is 10.3. The summed E-state index contributed by atoms with van der Waals surface area (Å²) in [6.45, 7) is 4.43. The Kier molecular flexibility index (Phi) is 5.49. The zero-order valence-electron chi connectivity index (χ0n) is 9.77. The highest BCUT2D eigenvalue weighted by molar-refractivity contribution is 4.88. The van der Waals surface area contributed by atoms with Crippen LogP contribution in [0, 0.1) is 0 Å².